The van der Waals surface area contributed by atoms with Gasteiger partial charge in [-0.05, 0) is 42.5 Å². The highest BCUT2D eigenvalue weighted by atomic mass is 35.5. The minimum absolute atomic E-state index is 0.00521. The molecular weight excluding hydrogens is 380 g/mol. The topological polar surface area (TPSA) is 63.2 Å². The number of benzene rings is 2. The zero-order chi connectivity index (χ0) is 17.9. The highest BCUT2D eigenvalue weighted by molar-refractivity contribution is 7.99. The van der Waals surface area contributed by atoms with E-state index in [0.29, 0.717) is 22.3 Å². The molecule has 0 saturated heterocycles. The summed E-state index contributed by atoms with van der Waals surface area (Å²) in [6.45, 7) is 0. The molecule has 0 atom stereocenters. The molecule has 4 nitrogen and oxygen atoms in total. The van der Waals surface area contributed by atoms with Crippen LogP contribution in [0.3, 0.4) is 0 Å². The smallest absolute Gasteiger partial charge is 0.288 e. The largest absolute Gasteiger partial charge is 0.322 e. The van der Waals surface area contributed by atoms with Gasteiger partial charge >= 0.3 is 0 Å². The van der Waals surface area contributed by atoms with E-state index < -0.39 is 21.5 Å². The molecule has 2 rings (SSSR count). The van der Waals surface area contributed by atoms with Gasteiger partial charge in [-0.1, -0.05) is 23.4 Å². The minimum Gasteiger partial charge on any atom is -0.322 e. The summed E-state index contributed by atoms with van der Waals surface area (Å²) in [5.74, 6) is -3.12. The van der Waals surface area contributed by atoms with E-state index in [1.54, 1.807) is 0 Å². The molecule has 0 radical (unpaired) electrons. The average molecular weight is 392 g/mol. The Bertz CT molecular complexity index is 856. The summed E-state index contributed by atoms with van der Waals surface area (Å²) in [7, 11) is -3.48. The fourth-order valence-corrected chi connectivity index (χ4v) is 3.18. The zero-order valence-corrected chi connectivity index (χ0v) is 14.7. The molecule has 1 N–H and O–H groups in total. The number of halogens is 3. The van der Waals surface area contributed by atoms with Crippen molar-refractivity contribution in [2.45, 2.75) is 15.5 Å². The van der Waals surface area contributed by atoms with Crippen LogP contribution in [0.1, 0.15) is 10.4 Å². The molecule has 128 valence electrons. The number of carbonyl (C=O) groups excluding carboxylic acids is 1. The van der Waals surface area contributed by atoms with Crippen LogP contribution in [0.5, 0.6) is 0 Å². The second-order valence-corrected chi connectivity index (χ2v) is 8.26. The Morgan fingerprint density at radius 3 is 2.33 bits per heavy atom. The van der Waals surface area contributed by atoms with Crippen molar-refractivity contribution in [3.05, 3.63) is 53.1 Å². The first-order chi connectivity index (χ1) is 11.2. The number of thioether (sulfide) groups is 1. The van der Waals surface area contributed by atoms with Crippen LogP contribution in [-0.2, 0) is 9.84 Å². The van der Waals surface area contributed by atoms with E-state index in [1.165, 1.54) is 42.5 Å². The average Bonchev–Trinajstić information content (AvgIpc) is 2.48. The van der Waals surface area contributed by atoms with Gasteiger partial charge in [0.2, 0.25) is 0 Å². The zero-order valence-electron chi connectivity index (χ0n) is 12.3. The van der Waals surface area contributed by atoms with Crippen molar-refractivity contribution in [2.75, 3.05) is 11.6 Å². The van der Waals surface area contributed by atoms with E-state index in [9.17, 15) is 22.0 Å². The molecule has 2 aromatic rings. The molecule has 0 spiro atoms. The number of rotatable bonds is 5. The fraction of sp³-hybridized carbons (Fsp3) is 0.133. The van der Waals surface area contributed by atoms with Gasteiger partial charge in [-0.25, -0.2) is 8.42 Å². The van der Waals surface area contributed by atoms with Crippen LogP contribution in [0.2, 0.25) is 5.02 Å². The van der Waals surface area contributed by atoms with E-state index in [0.717, 1.165) is 6.26 Å². The summed E-state index contributed by atoms with van der Waals surface area (Å²) < 4.78 is 47.7. The standard InChI is InChI=1S/C15H12ClF2NO3S2/c1-24(21,22)11-6-7-13(16)12(8-11)14(20)19-9-2-4-10(5-3-9)23-15(17)18/h2-8,15H,1H3,(H,19,20). The molecule has 0 saturated carbocycles. The SMILES string of the molecule is CS(=O)(=O)c1ccc(Cl)c(C(=O)Nc2ccc(SC(F)F)cc2)c1. The van der Waals surface area contributed by atoms with Gasteiger partial charge in [-0.3, -0.25) is 4.79 Å². The van der Waals surface area contributed by atoms with E-state index in [4.69, 9.17) is 11.6 Å². The number of carbonyl (C=O) groups is 1. The number of nitrogens with one attached hydrogen (secondary N) is 1. The van der Waals surface area contributed by atoms with Gasteiger partial charge in [0.15, 0.2) is 9.84 Å². The van der Waals surface area contributed by atoms with Crippen molar-refractivity contribution in [3.8, 4) is 0 Å². The van der Waals surface area contributed by atoms with Gasteiger partial charge < -0.3 is 5.32 Å². The van der Waals surface area contributed by atoms with E-state index in [2.05, 4.69) is 5.32 Å². The summed E-state index contributed by atoms with van der Waals surface area (Å²) in [5, 5.41) is 2.64. The van der Waals surface area contributed by atoms with Gasteiger partial charge in [0, 0.05) is 16.8 Å². The molecule has 0 aliphatic rings. The Morgan fingerprint density at radius 1 is 1.17 bits per heavy atom. The third-order valence-electron chi connectivity index (χ3n) is 2.95. The Hall–Kier alpha value is -1.64. The first kappa shape index (κ1) is 18.7. The minimum atomic E-state index is -3.48. The third kappa shape index (κ3) is 4.93. The predicted octanol–water partition coefficient (Wildman–Crippen LogP) is 4.31. The highest BCUT2D eigenvalue weighted by Gasteiger charge is 2.16. The quantitative estimate of drug-likeness (QED) is 0.771. The maximum Gasteiger partial charge on any atom is 0.288 e. The lowest BCUT2D eigenvalue weighted by atomic mass is 10.2. The molecule has 0 aliphatic carbocycles. The molecule has 24 heavy (non-hydrogen) atoms. The van der Waals surface area contributed by atoms with Crippen LogP contribution in [0.25, 0.3) is 0 Å². The van der Waals surface area contributed by atoms with Crippen molar-refractivity contribution in [2.24, 2.45) is 0 Å². The van der Waals surface area contributed by atoms with Gasteiger partial charge in [0.1, 0.15) is 0 Å². The molecule has 0 bridgehead atoms. The molecule has 0 aliphatic heterocycles. The van der Waals surface area contributed by atoms with Gasteiger partial charge in [-0.15, -0.1) is 0 Å². The van der Waals surface area contributed by atoms with Crippen LogP contribution in [0.4, 0.5) is 14.5 Å². The lowest BCUT2D eigenvalue weighted by Gasteiger charge is -2.09. The molecule has 0 fully saturated rings. The first-order valence-corrected chi connectivity index (χ1v) is 9.67. The fourth-order valence-electron chi connectivity index (χ4n) is 1.83. The number of hydrogen-bond donors (Lipinski definition) is 1. The molecule has 0 unspecified atom stereocenters. The maximum absolute atomic E-state index is 12.3. The summed E-state index contributed by atoms with van der Waals surface area (Å²) in [4.78, 5) is 12.6. The normalized spacial score (nSPS) is 11.5. The highest BCUT2D eigenvalue weighted by Crippen LogP contribution is 2.27. The lowest BCUT2D eigenvalue weighted by molar-refractivity contribution is 0.102. The number of alkyl halides is 2. The van der Waals surface area contributed by atoms with Gasteiger partial charge in [0.05, 0.1) is 15.5 Å². The molecule has 1 amide bonds. The van der Waals surface area contributed by atoms with Crippen molar-refractivity contribution in [3.63, 3.8) is 0 Å². The van der Waals surface area contributed by atoms with Crippen molar-refractivity contribution in [1.29, 1.82) is 0 Å². The van der Waals surface area contributed by atoms with Crippen LogP contribution in [-0.4, -0.2) is 26.3 Å². The number of anilines is 1. The monoisotopic (exact) mass is 391 g/mol. The van der Waals surface area contributed by atoms with Crippen molar-refractivity contribution < 1.29 is 22.0 Å². The van der Waals surface area contributed by atoms with Crippen LogP contribution in [0.15, 0.2) is 52.3 Å². The third-order valence-corrected chi connectivity index (χ3v) is 5.11. The van der Waals surface area contributed by atoms with Crippen LogP contribution in [0, 0.1) is 0 Å². The van der Waals surface area contributed by atoms with E-state index in [1.807, 2.05) is 0 Å². The summed E-state index contributed by atoms with van der Waals surface area (Å²) in [5.41, 5.74) is 0.380. The number of hydrogen-bond acceptors (Lipinski definition) is 4. The van der Waals surface area contributed by atoms with Gasteiger partial charge in [0.25, 0.3) is 11.7 Å². The molecular formula is C15H12ClF2NO3S2. The van der Waals surface area contributed by atoms with Crippen molar-refractivity contribution in [1.82, 2.24) is 0 Å². The summed E-state index contributed by atoms with van der Waals surface area (Å²) in [6, 6.07) is 9.66. The Morgan fingerprint density at radius 2 is 1.79 bits per heavy atom. The Balaban J connectivity index is 2.21. The molecule has 9 heteroatoms. The Kier molecular flexibility index (Phi) is 5.84. The molecule has 0 heterocycles. The van der Waals surface area contributed by atoms with Crippen LogP contribution < -0.4 is 5.32 Å². The number of amides is 1. The molecule has 2 aromatic carbocycles. The van der Waals surface area contributed by atoms with E-state index >= 15 is 0 Å². The summed E-state index contributed by atoms with van der Waals surface area (Å²) >= 11 is 6.34. The first-order valence-electron chi connectivity index (χ1n) is 6.52. The lowest BCUT2D eigenvalue weighted by Crippen LogP contribution is -2.13. The molecule has 0 aromatic heterocycles. The maximum atomic E-state index is 12.3. The second kappa shape index (κ2) is 7.50. The second-order valence-electron chi connectivity index (χ2n) is 4.77. The van der Waals surface area contributed by atoms with Gasteiger partial charge in [-0.2, -0.15) is 8.78 Å². The van der Waals surface area contributed by atoms with Crippen molar-refractivity contribution >= 4 is 44.8 Å². The number of sulfone groups is 1. The Labute approximate surface area is 147 Å². The summed E-state index contributed by atoms with van der Waals surface area (Å²) in [6.07, 6.45) is 1.03. The predicted molar refractivity (Wildman–Crippen MR) is 90.8 cm³/mol. The van der Waals surface area contributed by atoms with Crippen LogP contribution >= 0.6 is 23.4 Å². The van der Waals surface area contributed by atoms with E-state index in [-0.39, 0.29) is 15.5 Å².